The summed E-state index contributed by atoms with van der Waals surface area (Å²) in [5.74, 6) is 1.70. The Labute approximate surface area is 141 Å². The number of amides is 1. The van der Waals surface area contributed by atoms with Crippen LogP contribution in [0.3, 0.4) is 0 Å². The third-order valence-corrected chi connectivity index (χ3v) is 4.43. The number of hydrogen-bond donors (Lipinski definition) is 1. The Bertz CT molecular complexity index is 820. The van der Waals surface area contributed by atoms with Gasteiger partial charge in [0, 0.05) is 36.5 Å². The van der Waals surface area contributed by atoms with Crippen molar-refractivity contribution >= 4 is 16.8 Å². The van der Waals surface area contributed by atoms with Crippen LogP contribution in [0.2, 0.25) is 0 Å². The minimum absolute atomic E-state index is 0.0166. The molecular weight excluding hydrogens is 304 g/mol. The molecule has 3 aromatic rings. The zero-order valence-corrected chi connectivity index (χ0v) is 14.2. The number of nitrogens with zero attached hydrogens (tertiary/aromatic N) is 1. The molecular formula is C19H22N2O3. The van der Waals surface area contributed by atoms with Crippen LogP contribution >= 0.6 is 0 Å². The van der Waals surface area contributed by atoms with Gasteiger partial charge >= 0.3 is 0 Å². The molecule has 2 heterocycles. The third-order valence-electron chi connectivity index (χ3n) is 4.43. The summed E-state index contributed by atoms with van der Waals surface area (Å²) in [6.45, 7) is 2.05. The highest BCUT2D eigenvalue weighted by Crippen LogP contribution is 2.22. The Hall–Kier alpha value is -2.69. The van der Waals surface area contributed by atoms with Gasteiger partial charge in [-0.2, -0.15) is 0 Å². The molecule has 24 heavy (non-hydrogen) atoms. The predicted molar refractivity (Wildman–Crippen MR) is 93.4 cm³/mol. The van der Waals surface area contributed by atoms with Gasteiger partial charge in [-0.25, -0.2) is 0 Å². The normalized spacial score (nSPS) is 12.3. The van der Waals surface area contributed by atoms with Crippen molar-refractivity contribution in [2.75, 3.05) is 14.2 Å². The number of furan rings is 1. The van der Waals surface area contributed by atoms with E-state index >= 15 is 0 Å². The monoisotopic (exact) mass is 326 g/mol. The van der Waals surface area contributed by atoms with Crippen molar-refractivity contribution in [1.29, 1.82) is 0 Å². The molecule has 0 aliphatic carbocycles. The quantitative estimate of drug-likeness (QED) is 0.748. The minimum Gasteiger partial charge on any atom is -0.497 e. The standard InChI is InChI=1S/C19H22N2O3/c1-13(6-8-15-5-4-10-24-15)21(2)19(22)18-11-14-7-9-16(23-3)12-17(14)20-18/h4-5,7,9-13,20H,6,8H2,1-3H3/t13-/m0/s1. The fourth-order valence-electron chi connectivity index (χ4n) is 2.74. The minimum atomic E-state index is -0.0166. The number of fused-ring (bicyclic) bond motifs is 1. The summed E-state index contributed by atoms with van der Waals surface area (Å²) in [6, 6.07) is 11.6. The first-order chi connectivity index (χ1) is 11.6. The first kappa shape index (κ1) is 16.2. The number of rotatable bonds is 6. The van der Waals surface area contributed by atoms with E-state index in [0.717, 1.165) is 35.3 Å². The second-order valence-electron chi connectivity index (χ2n) is 6.02. The third kappa shape index (κ3) is 3.30. The number of ether oxygens (including phenoxy) is 1. The Morgan fingerprint density at radius 2 is 2.17 bits per heavy atom. The Morgan fingerprint density at radius 1 is 1.33 bits per heavy atom. The number of carbonyl (C=O) groups excluding carboxylic acids is 1. The molecule has 5 nitrogen and oxygen atoms in total. The summed E-state index contributed by atoms with van der Waals surface area (Å²) in [4.78, 5) is 17.7. The lowest BCUT2D eigenvalue weighted by molar-refractivity contribution is 0.0731. The largest absolute Gasteiger partial charge is 0.497 e. The van der Waals surface area contributed by atoms with Gasteiger partial charge in [-0.05, 0) is 43.7 Å². The van der Waals surface area contributed by atoms with E-state index in [4.69, 9.17) is 9.15 Å². The van der Waals surface area contributed by atoms with Crippen LogP contribution in [0.4, 0.5) is 0 Å². The lowest BCUT2D eigenvalue weighted by Crippen LogP contribution is -2.35. The Balaban J connectivity index is 1.70. The molecule has 1 aromatic carbocycles. The average molecular weight is 326 g/mol. The molecule has 1 atom stereocenters. The molecule has 0 radical (unpaired) electrons. The van der Waals surface area contributed by atoms with Crippen molar-refractivity contribution in [3.8, 4) is 5.75 Å². The number of aromatic nitrogens is 1. The summed E-state index contributed by atoms with van der Waals surface area (Å²) in [7, 11) is 3.46. The van der Waals surface area contributed by atoms with Crippen LogP contribution in [0.5, 0.6) is 5.75 Å². The van der Waals surface area contributed by atoms with Gasteiger partial charge in [0.15, 0.2) is 0 Å². The molecule has 0 fully saturated rings. The second kappa shape index (κ2) is 6.83. The van der Waals surface area contributed by atoms with Gasteiger partial charge in [-0.1, -0.05) is 0 Å². The summed E-state index contributed by atoms with van der Waals surface area (Å²) < 4.78 is 10.6. The van der Waals surface area contributed by atoms with E-state index in [1.54, 1.807) is 18.3 Å². The van der Waals surface area contributed by atoms with Crippen LogP contribution in [0.15, 0.2) is 47.1 Å². The van der Waals surface area contributed by atoms with Gasteiger partial charge in [0.2, 0.25) is 0 Å². The maximum absolute atomic E-state index is 12.7. The SMILES string of the molecule is COc1ccc2cc(C(=O)N(C)[C@@H](C)CCc3ccco3)[nH]c2c1. The van der Waals surface area contributed by atoms with Gasteiger partial charge < -0.3 is 19.0 Å². The number of hydrogen-bond acceptors (Lipinski definition) is 3. The number of aryl methyl sites for hydroxylation is 1. The number of aromatic amines is 1. The van der Waals surface area contributed by atoms with E-state index in [9.17, 15) is 4.79 Å². The average Bonchev–Trinajstić information content (AvgIpc) is 3.26. The number of methoxy groups -OCH3 is 1. The Morgan fingerprint density at radius 3 is 2.88 bits per heavy atom. The fraction of sp³-hybridized carbons (Fsp3) is 0.316. The van der Waals surface area contributed by atoms with Crippen LogP contribution in [0.1, 0.15) is 29.6 Å². The topological polar surface area (TPSA) is 58.5 Å². The van der Waals surface area contributed by atoms with Gasteiger partial charge in [0.25, 0.3) is 5.91 Å². The van der Waals surface area contributed by atoms with Crippen molar-refractivity contribution in [3.05, 3.63) is 54.1 Å². The van der Waals surface area contributed by atoms with E-state index in [1.165, 1.54) is 0 Å². The first-order valence-corrected chi connectivity index (χ1v) is 8.05. The van der Waals surface area contributed by atoms with Gasteiger partial charge in [0.05, 0.1) is 13.4 Å². The molecule has 3 rings (SSSR count). The van der Waals surface area contributed by atoms with Crippen LogP contribution in [0, 0.1) is 0 Å². The molecule has 0 saturated carbocycles. The van der Waals surface area contributed by atoms with E-state index in [2.05, 4.69) is 4.98 Å². The summed E-state index contributed by atoms with van der Waals surface area (Å²) in [5.41, 5.74) is 1.49. The van der Waals surface area contributed by atoms with Gasteiger partial charge in [-0.3, -0.25) is 4.79 Å². The molecule has 0 spiro atoms. The second-order valence-corrected chi connectivity index (χ2v) is 6.02. The molecule has 126 valence electrons. The summed E-state index contributed by atoms with van der Waals surface area (Å²) in [6.07, 6.45) is 3.34. The van der Waals surface area contributed by atoms with Gasteiger partial charge in [-0.15, -0.1) is 0 Å². The van der Waals surface area contributed by atoms with E-state index < -0.39 is 0 Å². The molecule has 0 bridgehead atoms. The predicted octanol–water partition coefficient (Wildman–Crippen LogP) is 3.86. The van der Waals surface area contributed by atoms with Gasteiger partial charge in [0.1, 0.15) is 17.2 Å². The zero-order chi connectivity index (χ0) is 17.1. The van der Waals surface area contributed by atoms with Crippen molar-refractivity contribution in [1.82, 2.24) is 9.88 Å². The van der Waals surface area contributed by atoms with Crippen molar-refractivity contribution in [3.63, 3.8) is 0 Å². The lowest BCUT2D eigenvalue weighted by Gasteiger charge is -2.24. The molecule has 1 N–H and O–H groups in total. The number of carbonyl (C=O) groups is 1. The number of nitrogens with one attached hydrogen (secondary N) is 1. The maximum atomic E-state index is 12.7. The summed E-state index contributed by atoms with van der Waals surface area (Å²) in [5, 5.41) is 0.996. The van der Waals surface area contributed by atoms with Crippen molar-refractivity contribution < 1.29 is 13.9 Å². The molecule has 0 unspecified atom stereocenters. The van der Waals surface area contributed by atoms with Crippen LogP contribution in [0.25, 0.3) is 10.9 Å². The number of benzene rings is 1. The highest BCUT2D eigenvalue weighted by Gasteiger charge is 2.19. The molecule has 2 aromatic heterocycles. The number of H-pyrrole nitrogens is 1. The molecule has 1 amide bonds. The highest BCUT2D eigenvalue weighted by molar-refractivity contribution is 5.98. The molecule has 5 heteroatoms. The van der Waals surface area contributed by atoms with Crippen molar-refractivity contribution in [2.24, 2.45) is 0 Å². The molecule has 0 aliphatic heterocycles. The highest BCUT2D eigenvalue weighted by atomic mass is 16.5. The molecule has 0 aliphatic rings. The molecule has 0 saturated heterocycles. The maximum Gasteiger partial charge on any atom is 0.270 e. The van der Waals surface area contributed by atoms with Crippen LogP contribution in [-0.2, 0) is 6.42 Å². The lowest BCUT2D eigenvalue weighted by atomic mass is 10.1. The first-order valence-electron chi connectivity index (χ1n) is 8.05. The summed E-state index contributed by atoms with van der Waals surface area (Å²) >= 11 is 0. The fourth-order valence-corrected chi connectivity index (χ4v) is 2.74. The van der Waals surface area contributed by atoms with E-state index in [-0.39, 0.29) is 11.9 Å². The Kier molecular flexibility index (Phi) is 4.60. The van der Waals surface area contributed by atoms with Crippen LogP contribution in [-0.4, -0.2) is 36.0 Å². The van der Waals surface area contributed by atoms with Crippen molar-refractivity contribution in [2.45, 2.75) is 25.8 Å². The van der Waals surface area contributed by atoms with E-state index in [1.807, 2.05) is 50.4 Å². The van der Waals surface area contributed by atoms with Crippen LogP contribution < -0.4 is 4.74 Å². The zero-order valence-electron chi connectivity index (χ0n) is 14.2. The van der Waals surface area contributed by atoms with E-state index in [0.29, 0.717) is 5.69 Å². The smallest absolute Gasteiger partial charge is 0.270 e.